The fourth-order valence-corrected chi connectivity index (χ4v) is 5.45. The van der Waals surface area contributed by atoms with E-state index in [4.69, 9.17) is 0 Å². The van der Waals surface area contributed by atoms with Crippen molar-refractivity contribution >= 4 is 37.7 Å². The SMILES string of the molecule is CC1(C)c2ccccc2-n2c3ccc(-c4ccccc4)cc3c3cc(Br)cc1c32. The molecule has 0 spiro atoms. The minimum absolute atomic E-state index is 0.0503. The van der Waals surface area contributed by atoms with Gasteiger partial charge in [0.2, 0.25) is 0 Å². The minimum atomic E-state index is -0.0503. The zero-order valence-corrected chi connectivity index (χ0v) is 18.0. The number of rotatable bonds is 1. The van der Waals surface area contributed by atoms with E-state index in [9.17, 15) is 0 Å². The Morgan fingerprint density at radius 3 is 2.28 bits per heavy atom. The average molecular weight is 438 g/mol. The van der Waals surface area contributed by atoms with E-state index in [2.05, 4.69) is 119 Å². The van der Waals surface area contributed by atoms with Crippen LogP contribution in [0.2, 0.25) is 0 Å². The van der Waals surface area contributed by atoms with Crippen LogP contribution in [0.1, 0.15) is 25.0 Å². The maximum Gasteiger partial charge on any atom is 0.0582 e. The quantitative estimate of drug-likeness (QED) is 0.251. The first-order valence-corrected chi connectivity index (χ1v) is 10.8. The highest BCUT2D eigenvalue weighted by atomic mass is 79.9. The molecule has 1 aliphatic rings. The van der Waals surface area contributed by atoms with E-state index in [-0.39, 0.29) is 5.41 Å². The molecule has 0 saturated carbocycles. The second kappa shape index (κ2) is 5.84. The minimum Gasteiger partial charge on any atom is -0.309 e. The number of benzene rings is 4. The standard InChI is InChI=1S/C27H20BrN/c1-27(2)22-10-6-7-11-25(22)29-24-13-12-18(17-8-4-3-5-9-17)14-20(24)21-15-19(28)16-23(27)26(21)29/h3-16H,1-2H3. The van der Waals surface area contributed by atoms with Gasteiger partial charge in [-0.3, -0.25) is 0 Å². The van der Waals surface area contributed by atoms with Crippen molar-refractivity contribution in [1.82, 2.24) is 4.57 Å². The van der Waals surface area contributed by atoms with Crippen LogP contribution in [0, 0.1) is 0 Å². The third kappa shape index (κ3) is 2.27. The number of halogens is 1. The number of hydrogen-bond acceptors (Lipinski definition) is 0. The molecule has 0 bridgehead atoms. The average Bonchev–Trinajstić information content (AvgIpc) is 3.06. The van der Waals surface area contributed by atoms with Gasteiger partial charge in [0.15, 0.2) is 0 Å². The van der Waals surface area contributed by atoms with E-state index in [1.54, 1.807) is 0 Å². The topological polar surface area (TPSA) is 4.93 Å². The summed E-state index contributed by atoms with van der Waals surface area (Å²) in [6.45, 7) is 4.67. The lowest BCUT2D eigenvalue weighted by molar-refractivity contribution is 0.630. The van der Waals surface area contributed by atoms with Crippen molar-refractivity contribution in [1.29, 1.82) is 0 Å². The van der Waals surface area contributed by atoms with Crippen LogP contribution in [0.5, 0.6) is 0 Å². The first-order valence-electron chi connectivity index (χ1n) is 9.99. The number of fused-ring (bicyclic) bond motifs is 5. The number of aromatic nitrogens is 1. The molecule has 0 fully saturated rings. The summed E-state index contributed by atoms with van der Waals surface area (Å²) in [4.78, 5) is 0. The number of para-hydroxylation sites is 1. The number of hydrogen-bond donors (Lipinski definition) is 0. The monoisotopic (exact) mass is 437 g/mol. The van der Waals surface area contributed by atoms with Gasteiger partial charge in [0.1, 0.15) is 0 Å². The van der Waals surface area contributed by atoms with Crippen LogP contribution < -0.4 is 0 Å². The maximum absolute atomic E-state index is 3.79. The molecule has 0 N–H and O–H groups in total. The third-order valence-electron chi connectivity index (χ3n) is 6.42. The summed E-state index contributed by atoms with van der Waals surface area (Å²) < 4.78 is 3.60. The van der Waals surface area contributed by atoms with E-state index in [0.717, 1.165) is 4.47 Å². The van der Waals surface area contributed by atoms with Crippen LogP contribution in [0.3, 0.4) is 0 Å². The number of nitrogens with zero attached hydrogens (tertiary/aromatic N) is 1. The normalized spacial score (nSPS) is 14.3. The van der Waals surface area contributed by atoms with Crippen molar-refractivity contribution in [2.75, 3.05) is 0 Å². The molecule has 1 aromatic heterocycles. The van der Waals surface area contributed by atoms with E-state index in [1.165, 1.54) is 49.7 Å². The lowest BCUT2D eigenvalue weighted by Crippen LogP contribution is -2.26. The highest BCUT2D eigenvalue weighted by Crippen LogP contribution is 2.48. The largest absolute Gasteiger partial charge is 0.309 e. The zero-order valence-electron chi connectivity index (χ0n) is 16.4. The zero-order chi connectivity index (χ0) is 19.8. The van der Waals surface area contributed by atoms with Crippen molar-refractivity contribution in [3.8, 4) is 16.8 Å². The van der Waals surface area contributed by atoms with Gasteiger partial charge in [0.25, 0.3) is 0 Å². The molecule has 4 aromatic carbocycles. The van der Waals surface area contributed by atoms with E-state index >= 15 is 0 Å². The van der Waals surface area contributed by atoms with Crippen LogP contribution in [-0.4, -0.2) is 4.57 Å². The van der Waals surface area contributed by atoms with Crippen molar-refractivity contribution in [3.63, 3.8) is 0 Å². The molecule has 5 aromatic rings. The molecule has 29 heavy (non-hydrogen) atoms. The Morgan fingerprint density at radius 1 is 0.690 bits per heavy atom. The Morgan fingerprint density at radius 2 is 1.45 bits per heavy atom. The fourth-order valence-electron chi connectivity index (χ4n) is 4.99. The molecule has 0 saturated heterocycles. The van der Waals surface area contributed by atoms with Crippen LogP contribution in [0.4, 0.5) is 0 Å². The first-order chi connectivity index (χ1) is 14.1. The van der Waals surface area contributed by atoms with Crippen LogP contribution >= 0.6 is 15.9 Å². The van der Waals surface area contributed by atoms with Crippen LogP contribution in [-0.2, 0) is 5.41 Å². The van der Waals surface area contributed by atoms with Gasteiger partial charge in [-0.2, -0.15) is 0 Å². The highest BCUT2D eigenvalue weighted by molar-refractivity contribution is 9.10. The van der Waals surface area contributed by atoms with E-state index in [1.807, 2.05) is 0 Å². The Kier molecular flexibility index (Phi) is 3.43. The molecule has 2 heterocycles. The summed E-state index contributed by atoms with van der Waals surface area (Å²) >= 11 is 3.79. The lowest BCUT2D eigenvalue weighted by Gasteiger charge is -2.34. The van der Waals surface area contributed by atoms with Gasteiger partial charge in [0, 0.05) is 20.7 Å². The molecule has 140 valence electrons. The Hall–Kier alpha value is -2.84. The van der Waals surface area contributed by atoms with Crippen molar-refractivity contribution < 1.29 is 0 Å². The Labute approximate surface area is 178 Å². The second-order valence-electron chi connectivity index (χ2n) is 8.43. The second-order valence-corrected chi connectivity index (χ2v) is 9.34. The van der Waals surface area contributed by atoms with Gasteiger partial charge in [-0.05, 0) is 52.6 Å². The van der Waals surface area contributed by atoms with Crippen molar-refractivity contribution in [2.24, 2.45) is 0 Å². The Balaban J connectivity index is 1.80. The van der Waals surface area contributed by atoms with Gasteiger partial charge in [-0.1, -0.05) is 84.4 Å². The summed E-state index contributed by atoms with van der Waals surface area (Å²) in [6.07, 6.45) is 0. The first kappa shape index (κ1) is 17.1. The molecule has 2 heteroatoms. The predicted molar refractivity (Wildman–Crippen MR) is 126 cm³/mol. The summed E-state index contributed by atoms with van der Waals surface area (Å²) in [5, 5.41) is 2.61. The third-order valence-corrected chi connectivity index (χ3v) is 6.88. The van der Waals surface area contributed by atoms with Gasteiger partial charge in [0.05, 0.1) is 16.7 Å². The lowest BCUT2D eigenvalue weighted by atomic mass is 9.75. The maximum atomic E-state index is 3.79. The molecule has 1 aliphatic heterocycles. The van der Waals surface area contributed by atoms with Gasteiger partial charge < -0.3 is 4.57 Å². The molecule has 6 rings (SSSR count). The van der Waals surface area contributed by atoms with E-state index < -0.39 is 0 Å². The molecular formula is C27H20BrN. The molecule has 0 atom stereocenters. The van der Waals surface area contributed by atoms with Gasteiger partial charge in [-0.15, -0.1) is 0 Å². The predicted octanol–water partition coefficient (Wildman–Crippen LogP) is 7.85. The van der Waals surface area contributed by atoms with Gasteiger partial charge in [-0.25, -0.2) is 0 Å². The van der Waals surface area contributed by atoms with Crippen molar-refractivity contribution in [2.45, 2.75) is 19.3 Å². The molecule has 1 nitrogen and oxygen atoms in total. The van der Waals surface area contributed by atoms with Crippen LogP contribution in [0.15, 0.2) is 89.4 Å². The van der Waals surface area contributed by atoms with Crippen molar-refractivity contribution in [3.05, 3.63) is 101 Å². The summed E-state index contributed by atoms with van der Waals surface area (Å²) in [7, 11) is 0. The molecular weight excluding hydrogens is 418 g/mol. The van der Waals surface area contributed by atoms with E-state index in [0.29, 0.717) is 0 Å². The summed E-state index contributed by atoms with van der Waals surface area (Å²) in [6, 6.07) is 30.9. The molecule has 0 aliphatic carbocycles. The smallest absolute Gasteiger partial charge is 0.0582 e. The highest BCUT2D eigenvalue weighted by Gasteiger charge is 2.35. The van der Waals surface area contributed by atoms with Crippen LogP contribution in [0.25, 0.3) is 38.6 Å². The Bertz CT molecular complexity index is 1420. The molecule has 0 radical (unpaired) electrons. The molecule has 0 amide bonds. The van der Waals surface area contributed by atoms with Gasteiger partial charge >= 0.3 is 0 Å². The summed E-state index contributed by atoms with van der Waals surface area (Å²) in [5.74, 6) is 0. The molecule has 0 unspecified atom stereocenters. The fraction of sp³-hybridized carbons (Fsp3) is 0.111. The summed E-state index contributed by atoms with van der Waals surface area (Å²) in [5.41, 5.74) is 9.09.